The first-order chi connectivity index (χ1) is 13.0. The average Bonchev–Trinajstić information content (AvgIpc) is 3.15. The maximum atomic E-state index is 12.7. The van der Waals surface area contributed by atoms with Gasteiger partial charge in [-0.25, -0.2) is 9.97 Å². The van der Waals surface area contributed by atoms with E-state index in [-0.39, 0.29) is 11.9 Å². The molecule has 0 aliphatic carbocycles. The van der Waals surface area contributed by atoms with E-state index in [0.717, 1.165) is 36.2 Å². The fourth-order valence-electron chi connectivity index (χ4n) is 3.42. The van der Waals surface area contributed by atoms with Crippen molar-refractivity contribution >= 4 is 23.5 Å². The van der Waals surface area contributed by atoms with E-state index in [1.807, 2.05) is 54.4 Å². The van der Waals surface area contributed by atoms with Gasteiger partial charge in [-0.15, -0.1) is 0 Å². The molecule has 1 fully saturated rings. The molecule has 0 bridgehead atoms. The number of benzene rings is 1. The van der Waals surface area contributed by atoms with Crippen molar-refractivity contribution in [3.63, 3.8) is 0 Å². The Labute approximate surface area is 165 Å². The van der Waals surface area contributed by atoms with E-state index in [9.17, 15) is 4.79 Å². The minimum Gasteiger partial charge on any atom is -0.384 e. The lowest BCUT2D eigenvalue weighted by molar-refractivity contribution is -0.133. The molecule has 0 radical (unpaired) electrons. The quantitative estimate of drug-likeness (QED) is 0.757. The molecular formula is C20H25ClN4O2. The molecule has 1 aromatic carbocycles. The van der Waals surface area contributed by atoms with Crippen LogP contribution < -0.4 is 4.90 Å². The van der Waals surface area contributed by atoms with Gasteiger partial charge in [0.15, 0.2) is 0 Å². The molecule has 2 heterocycles. The third kappa shape index (κ3) is 4.39. The molecule has 0 N–H and O–H groups in total. The number of amides is 1. The lowest BCUT2D eigenvalue weighted by Crippen LogP contribution is -2.32. The van der Waals surface area contributed by atoms with Gasteiger partial charge >= 0.3 is 0 Å². The van der Waals surface area contributed by atoms with Crippen molar-refractivity contribution in [2.45, 2.75) is 25.3 Å². The second-order valence-corrected chi connectivity index (χ2v) is 7.30. The highest BCUT2D eigenvalue weighted by atomic mass is 35.5. The molecule has 1 aliphatic heterocycles. The molecule has 2 aromatic rings. The first-order valence-electron chi connectivity index (χ1n) is 9.10. The Morgan fingerprint density at radius 1 is 1.41 bits per heavy atom. The lowest BCUT2D eigenvalue weighted by atomic mass is 9.99. The van der Waals surface area contributed by atoms with Gasteiger partial charge in [-0.2, -0.15) is 0 Å². The molecule has 27 heavy (non-hydrogen) atoms. The van der Waals surface area contributed by atoms with Gasteiger partial charge in [0.1, 0.15) is 0 Å². The van der Waals surface area contributed by atoms with Crippen LogP contribution in [-0.2, 0) is 9.53 Å². The molecule has 144 valence electrons. The highest BCUT2D eigenvalue weighted by Crippen LogP contribution is 2.37. The molecule has 7 heteroatoms. The topological polar surface area (TPSA) is 58.6 Å². The number of anilines is 1. The van der Waals surface area contributed by atoms with Crippen molar-refractivity contribution in [3.8, 4) is 11.1 Å². The molecular weight excluding hydrogens is 364 g/mol. The number of likely N-dealkylation sites (tertiary alicyclic amines) is 1. The summed E-state index contributed by atoms with van der Waals surface area (Å²) in [5.41, 5.74) is 2.75. The van der Waals surface area contributed by atoms with Crippen molar-refractivity contribution in [2.75, 3.05) is 39.3 Å². The SMILES string of the molecule is COCCC(=O)N1CCCC1c1nc(N(C)C)ncc1-c1cccc(Cl)c1. The Bertz CT molecular complexity index is 812. The van der Waals surface area contributed by atoms with E-state index < -0.39 is 0 Å². The molecule has 1 saturated heterocycles. The maximum absolute atomic E-state index is 12.7. The number of rotatable bonds is 6. The number of aromatic nitrogens is 2. The van der Waals surface area contributed by atoms with Gasteiger partial charge < -0.3 is 14.5 Å². The van der Waals surface area contributed by atoms with Crippen LogP contribution in [0.25, 0.3) is 11.1 Å². The first kappa shape index (κ1) is 19.6. The molecule has 0 saturated carbocycles. The zero-order valence-corrected chi connectivity index (χ0v) is 16.7. The molecule has 1 amide bonds. The van der Waals surface area contributed by atoms with E-state index in [1.165, 1.54) is 0 Å². The summed E-state index contributed by atoms with van der Waals surface area (Å²) in [5, 5.41) is 0.662. The summed E-state index contributed by atoms with van der Waals surface area (Å²) in [4.78, 5) is 25.8. The van der Waals surface area contributed by atoms with Crippen molar-refractivity contribution < 1.29 is 9.53 Å². The van der Waals surface area contributed by atoms with Crippen LogP contribution in [-0.4, -0.2) is 55.1 Å². The van der Waals surface area contributed by atoms with Gasteiger partial charge in [0.05, 0.1) is 24.8 Å². The number of ether oxygens (including phenoxy) is 1. The minimum atomic E-state index is -0.0648. The molecule has 1 atom stereocenters. The van der Waals surface area contributed by atoms with E-state index in [0.29, 0.717) is 24.0 Å². The summed E-state index contributed by atoms with van der Waals surface area (Å²) < 4.78 is 5.08. The number of methoxy groups -OCH3 is 1. The van der Waals surface area contributed by atoms with Crippen LogP contribution in [0.4, 0.5) is 5.95 Å². The van der Waals surface area contributed by atoms with Crippen LogP contribution >= 0.6 is 11.6 Å². The van der Waals surface area contributed by atoms with E-state index >= 15 is 0 Å². The molecule has 3 rings (SSSR count). The van der Waals surface area contributed by atoms with E-state index in [1.54, 1.807) is 7.11 Å². The Hall–Kier alpha value is -2.18. The number of halogens is 1. The van der Waals surface area contributed by atoms with Crippen molar-refractivity contribution in [2.24, 2.45) is 0 Å². The number of hydrogen-bond acceptors (Lipinski definition) is 5. The van der Waals surface area contributed by atoms with Gasteiger partial charge in [0, 0.05) is 44.5 Å². The molecule has 1 aliphatic rings. The van der Waals surface area contributed by atoms with Crippen LogP contribution in [0.2, 0.25) is 5.02 Å². The summed E-state index contributed by atoms with van der Waals surface area (Å²) in [5.74, 6) is 0.730. The summed E-state index contributed by atoms with van der Waals surface area (Å²) in [6.07, 6.45) is 4.06. The summed E-state index contributed by atoms with van der Waals surface area (Å²) in [6, 6.07) is 7.60. The van der Waals surface area contributed by atoms with E-state index in [2.05, 4.69) is 4.98 Å². The van der Waals surface area contributed by atoms with Gasteiger partial charge in [-0.05, 0) is 30.5 Å². The standard InChI is InChI=1S/C20H25ClN4O2/c1-24(2)20-22-13-16(14-6-4-7-15(21)12-14)19(23-20)17-8-5-10-25(17)18(26)9-11-27-3/h4,6-7,12-13,17H,5,8-11H2,1-3H3. The number of hydrogen-bond donors (Lipinski definition) is 0. The van der Waals surface area contributed by atoms with Gasteiger partial charge in [0.2, 0.25) is 11.9 Å². The highest BCUT2D eigenvalue weighted by molar-refractivity contribution is 6.30. The van der Waals surface area contributed by atoms with Gasteiger partial charge in [0.25, 0.3) is 0 Å². The molecule has 1 unspecified atom stereocenters. The highest BCUT2D eigenvalue weighted by Gasteiger charge is 2.33. The van der Waals surface area contributed by atoms with Gasteiger partial charge in [-0.1, -0.05) is 23.7 Å². The number of carbonyl (C=O) groups is 1. The van der Waals surface area contributed by atoms with Crippen LogP contribution in [0, 0.1) is 0 Å². The third-order valence-corrected chi connectivity index (χ3v) is 4.99. The normalized spacial score (nSPS) is 16.6. The summed E-state index contributed by atoms with van der Waals surface area (Å²) >= 11 is 6.20. The predicted octanol–water partition coefficient (Wildman–Crippen LogP) is 3.56. The zero-order valence-electron chi connectivity index (χ0n) is 16.0. The predicted molar refractivity (Wildman–Crippen MR) is 107 cm³/mol. The molecule has 1 aromatic heterocycles. The fraction of sp³-hybridized carbons (Fsp3) is 0.450. The van der Waals surface area contributed by atoms with Gasteiger partial charge in [-0.3, -0.25) is 4.79 Å². The largest absolute Gasteiger partial charge is 0.384 e. The van der Waals surface area contributed by atoms with Crippen LogP contribution in [0.15, 0.2) is 30.5 Å². The van der Waals surface area contributed by atoms with Crippen molar-refractivity contribution in [1.82, 2.24) is 14.9 Å². The Morgan fingerprint density at radius 2 is 2.22 bits per heavy atom. The number of carbonyl (C=O) groups excluding carboxylic acids is 1. The smallest absolute Gasteiger partial charge is 0.225 e. The first-order valence-corrected chi connectivity index (χ1v) is 9.47. The summed E-state index contributed by atoms with van der Waals surface area (Å²) in [7, 11) is 5.43. The zero-order chi connectivity index (χ0) is 19.4. The molecule has 6 nitrogen and oxygen atoms in total. The monoisotopic (exact) mass is 388 g/mol. The lowest BCUT2D eigenvalue weighted by Gasteiger charge is -2.27. The van der Waals surface area contributed by atoms with E-state index in [4.69, 9.17) is 21.3 Å². The van der Waals surface area contributed by atoms with Crippen LogP contribution in [0.3, 0.4) is 0 Å². The minimum absolute atomic E-state index is 0.0648. The maximum Gasteiger partial charge on any atom is 0.225 e. The van der Waals surface area contributed by atoms with Crippen molar-refractivity contribution in [3.05, 3.63) is 41.2 Å². The third-order valence-electron chi connectivity index (χ3n) is 4.75. The van der Waals surface area contributed by atoms with Crippen LogP contribution in [0.1, 0.15) is 31.0 Å². The second-order valence-electron chi connectivity index (χ2n) is 6.86. The Morgan fingerprint density at radius 3 is 2.93 bits per heavy atom. The second kappa shape index (κ2) is 8.67. The fourth-order valence-corrected chi connectivity index (χ4v) is 3.61. The van der Waals surface area contributed by atoms with Crippen molar-refractivity contribution in [1.29, 1.82) is 0 Å². The summed E-state index contributed by atoms with van der Waals surface area (Å²) in [6.45, 7) is 1.17. The van der Waals surface area contributed by atoms with Crippen LogP contribution in [0.5, 0.6) is 0 Å². The Kier molecular flexibility index (Phi) is 6.29. The average molecular weight is 389 g/mol. The Balaban J connectivity index is 2.03. The molecule has 0 spiro atoms. The number of nitrogens with zero attached hydrogens (tertiary/aromatic N) is 4.